The Labute approximate surface area is 198 Å². The number of nitrogens with one attached hydrogen (secondary N) is 1. The van der Waals surface area contributed by atoms with Crippen molar-refractivity contribution in [1.82, 2.24) is 10.2 Å². The molecule has 1 aliphatic heterocycles. The fraction of sp³-hybridized carbons (Fsp3) is 0.423. The zero-order valence-corrected chi connectivity index (χ0v) is 19.6. The number of hydrogen-bond acceptors (Lipinski definition) is 5. The van der Waals surface area contributed by atoms with Crippen molar-refractivity contribution in [2.75, 3.05) is 13.2 Å². The van der Waals surface area contributed by atoms with Gasteiger partial charge in [0.25, 0.3) is 0 Å². The molecule has 0 aromatic heterocycles. The predicted octanol–water partition coefficient (Wildman–Crippen LogP) is 4.58. The monoisotopic (exact) mass is 466 g/mol. The standard InChI is InChI=1S/C26H30N2O6/c1-26(2,3)34-25(32)28-14-8-13-20(23(29)30)22(28)27-24(31)33-15-21-18-11-6-4-9-16(18)17-10-5-7-12-19(17)21/h4-7,9-12,20-22H,8,13-15H2,1-3H3,(H,27,31)(H,29,30). The van der Waals surface area contributed by atoms with Gasteiger partial charge in [0.1, 0.15) is 18.4 Å². The normalized spacial score (nSPS) is 19.7. The van der Waals surface area contributed by atoms with Crippen molar-refractivity contribution in [2.45, 2.75) is 51.3 Å². The average Bonchev–Trinajstić information content (AvgIpc) is 3.10. The van der Waals surface area contributed by atoms with E-state index in [-0.39, 0.29) is 19.1 Å². The number of rotatable bonds is 4. The Bertz CT molecular complexity index is 1050. The summed E-state index contributed by atoms with van der Waals surface area (Å²) in [6.45, 7) is 5.58. The van der Waals surface area contributed by atoms with Gasteiger partial charge in [0.2, 0.25) is 0 Å². The second-order valence-corrected chi connectivity index (χ2v) is 9.68. The number of piperidine rings is 1. The molecule has 1 heterocycles. The van der Waals surface area contributed by atoms with E-state index in [1.54, 1.807) is 20.8 Å². The summed E-state index contributed by atoms with van der Waals surface area (Å²) < 4.78 is 11.0. The highest BCUT2D eigenvalue weighted by Gasteiger charge is 2.41. The van der Waals surface area contributed by atoms with Crippen LogP contribution in [-0.2, 0) is 14.3 Å². The molecule has 8 heteroatoms. The van der Waals surface area contributed by atoms with E-state index in [2.05, 4.69) is 5.32 Å². The van der Waals surface area contributed by atoms with E-state index in [0.29, 0.717) is 12.8 Å². The summed E-state index contributed by atoms with van der Waals surface area (Å²) in [7, 11) is 0. The lowest BCUT2D eigenvalue weighted by molar-refractivity contribution is -0.146. The van der Waals surface area contributed by atoms with Gasteiger partial charge >= 0.3 is 18.2 Å². The lowest BCUT2D eigenvalue weighted by Gasteiger charge is -2.39. The second kappa shape index (κ2) is 9.37. The van der Waals surface area contributed by atoms with Gasteiger partial charge in [0, 0.05) is 12.5 Å². The molecule has 2 aromatic rings. The summed E-state index contributed by atoms with van der Waals surface area (Å²) >= 11 is 0. The van der Waals surface area contributed by atoms with Gasteiger partial charge in [-0.3, -0.25) is 9.69 Å². The van der Waals surface area contributed by atoms with Crippen LogP contribution in [0.3, 0.4) is 0 Å². The zero-order valence-electron chi connectivity index (χ0n) is 19.6. The first kappa shape index (κ1) is 23.6. The van der Waals surface area contributed by atoms with Crippen molar-refractivity contribution < 1.29 is 29.0 Å². The molecule has 2 aromatic carbocycles. The zero-order chi connectivity index (χ0) is 24.5. The minimum atomic E-state index is -1.09. The SMILES string of the molecule is CC(C)(C)OC(=O)N1CCCC(C(=O)O)C1NC(=O)OCC1c2ccccc2-c2ccccc21. The van der Waals surface area contributed by atoms with E-state index in [1.807, 2.05) is 48.5 Å². The summed E-state index contributed by atoms with van der Waals surface area (Å²) in [6, 6.07) is 16.0. The van der Waals surface area contributed by atoms with Crippen LogP contribution in [0.15, 0.2) is 48.5 Å². The van der Waals surface area contributed by atoms with Gasteiger partial charge in [0.15, 0.2) is 0 Å². The summed E-state index contributed by atoms with van der Waals surface area (Å²) in [4.78, 5) is 38.7. The average molecular weight is 467 g/mol. The molecule has 34 heavy (non-hydrogen) atoms. The molecule has 1 aliphatic carbocycles. The topological polar surface area (TPSA) is 105 Å². The maximum Gasteiger partial charge on any atom is 0.411 e. The van der Waals surface area contributed by atoms with Crippen molar-refractivity contribution in [3.8, 4) is 11.1 Å². The number of amides is 2. The van der Waals surface area contributed by atoms with Gasteiger partial charge in [-0.1, -0.05) is 48.5 Å². The Balaban J connectivity index is 1.48. The fourth-order valence-electron chi connectivity index (χ4n) is 4.72. The summed E-state index contributed by atoms with van der Waals surface area (Å²) in [6.07, 6.45) is -1.66. The molecule has 0 radical (unpaired) electrons. The van der Waals surface area contributed by atoms with Crippen molar-refractivity contribution in [2.24, 2.45) is 5.92 Å². The minimum absolute atomic E-state index is 0.0940. The van der Waals surface area contributed by atoms with Crippen LogP contribution >= 0.6 is 0 Å². The minimum Gasteiger partial charge on any atom is -0.481 e. The van der Waals surface area contributed by atoms with Crippen molar-refractivity contribution in [3.63, 3.8) is 0 Å². The van der Waals surface area contributed by atoms with Crippen LogP contribution in [0.4, 0.5) is 9.59 Å². The molecule has 8 nitrogen and oxygen atoms in total. The van der Waals surface area contributed by atoms with E-state index in [1.165, 1.54) is 4.90 Å². The molecule has 1 saturated heterocycles. The molecule has 2 unspecified atom stereocenters. The van der Waals surface area contributed by atoms with Gasteiger partial charge in [-0.05, 0) is 55.9 Å². The number of carboxylic acid groups (broad SMARTS) is 1. The molecule has 180 valence electrons. The number of likely N-dealkylation sites (tertiary alicyclic amines) is 1. The van der Waals surface area contributed by atoms with Gasteiger partial charge in [0.05, 0.1) is 5.92 Å². The van der Waals surface area contributed by atoms with Gasteiger partial charge in [-0.25, -0.2) is 9.59 Å². The van der Waals surface area contributed by atoms with E-state index in [0.717, 1.165) is 22.3 Å². The summed E-state index contributed by atoms with van der Waals surface area (Å²) in [5.41, 5.74) is 3.63. The van der Waals surface area contributed by atoms with Crippen molar-refractivity contribution in [1.29, 1.82) is 0 Å². The highest BCUT2D eigenvalue weighted by atomic mass is 16.6. The molecule has 0 spiro atoms. The molecule has 2 aliphatic rings. The Kier molecular flexibility index (Phi) is 6.50. The van der Waals surface area contributed by atoms with Gasteiger partial charge in [-0.2, -0.15) is 0 Å². The third-order valence-electron chi connectivity index (χ3n) is 6.19. The number of benzene rings is 2. The van der Waals surface area contributed by atoms with E-state index >= 15 is 0 Å². The maximum atomic E-state index is 12.8. The Hall–Kier alpha value is -3.55. The first-order valence-electron chi connectivity index (χ1n) is 11.5. The number of carbonyl (C=O) groups is 3. The molecule has 2 N–H and O–H groups in total. The maximum absolute atomic E-state index is 12.8. The van der Waals surface area contributed by atoms with Crippen LogP contribution in [0, 0.1) is 5.92 Å². The summed E-state index contributed by atoms with van der Waals surface area (Å²) in [5.74, 6) is -2.17. The quantitative estimate of drug-likeness (QED) is 0.683. The molecule has 1 fully saturated rings. The van der Waals surface area contributed by atoms with Crippen molar-refractivity contribution in [3.05, 3.63) is 59.7 Å². The second-order valence-electron chi connectivity index (χ2n) is 9.68. The third kappa shape index (κ3) is 4.85. The number of ether oxygens (including phenoxy) is 2. The van der Waals surface area contributed by atoms with Crippen LogP contribution in [0.2, 0.25) is 0 Å². The van der Waals surface area contributed by atoms with E-state index < -0.39 is 35.8 Å². The molecular formula is C26H30N2O6. The Morgan fingerprint density at radius 2 is 1.62 bits per heavy atom. The van der Waals surface area contributed by atoms with Gasteiger partial charge < -0.3 is 19.9 Å². The number of carboxylic acids is 1. The number of fused-ring (bicyclic) bond motifs is 3. The number of nitrogens with zero attached hydrogens (tertiary/aromatic N) is 1. The Morgan fingerprint density at radius 1 is 1.03 bits per heavy atom. The predicted molar refractivity (Wildman–Crippen MR) is 125 cm³/mol. The third-order valence-corrected chi connectivity index (χ3v) is 6.19. The molecule has 0 bridgehead atoms. The molecule has 2 amide bonds. The molecule has 2 atom stereocenters. The van der Waals surface area contributed by atoms with Crippen molar-refractivity contribution >= 4 is 18.2 Å². The highest BCUT2D eigenvalue weighted by Crippen LogP contribution is 2.44. The van der Waals surface area contributed by atoms with E-state index in [9.17, 15) is 19.5 Å². The Morgan fingerprint density at radius 3 is 2.18 bits per heavy atom. The van der Waals surface area contributed by atoms with E-state index in [4.69, 9.17) is 9.47 Å². The number of hydrogen-bond donors (Lipinski definition) is 2. The van der Waals surface area contributed by atoms with Crippen LogP contribution in [0.1, 0.15) is 50.7 Å². The van der Waals surface area contributed by atoms with Crippen LogP contribution in [0.25, 0.3) is 11.1 Å². The number of carbonyl (C=O) groups excluding carboxylic acids is 2. The highest BCUT2D eigenvalue weighted by molar-refractivity contribution is 5.79. The lowest BCUT2D eigenvalue weighted by Crippen LogP contribution is -2.59. The molecule has 0 saturated carbocycles. The molecule has 4 rings (SSSR count). The number of aliphatic carboxylic acids is 1. The largest absolute Gasteiger partial charge is 0.481 e. The van der Waals surface area contributed by atoms with Crippen LogP contribution in [-0.4, -0.2) is 53.1 Å². The lowest BCUT2D eigenvalue weighted by atomic mass is 9.94. The number of alkyl carbamates (subject to hydrolysis) is 1. The first-order chi connectivity index (χ1) is 16.2. The molecular weight excluding hydrogens is 436 g/mol. The summed E-state index contributed by atoms with van der Waals surface area (Å²) in [5, 5.41) is 12.3. The fourth-order valence-corrected chi connectivity index (χ4v) is 4.72. The van der Waals surface area contributed by atoms with Gasteiger partial charge in [-0.15, -0.1) is 0 Å². The van der Waals surface area contributed by atoms with Crippen LogP contribution < -0.4 is 5.32 Å². The van der Waals surface area contributed by atoms with Crippen LogP contribution in [0.5, 0.6) is 0 Å². The smallest absolute Gasteiger partial charge is 0.411 e. The first-order valence-corrected chi connectivity index (χ1v) is 11.5.